The van der Waals surface area contributed by atoms with Crippen LogP contribution < -0.4 is 11.1 Å². The van der Waals surface area contributed by atoms with Gasteiger partial charge in [-0.1, -0.05) is 11.8 Å². The first kappa shape index (κ1) is 24.3. The molecule has 4 rings (SSSR count). The maximum Gasteiger partial charge on any atom is 0.274 e. The third kappa shape index (κ3) is 4.69. The normalized spacial score (nSPS) is 22.6. The highest BCUT2D eigenvalue weighted by Gasteiger charge is 2.47. The Labute approximate surface area is 188 Å². The molecule has 2 aromatic rings. The molecule has 3 heterocycles. The van der Waals surface area contributed by atoms with E-state index in [4.69, 9.17) is 10.5 Å². The zero-order chi connectivity index (χ0) is 19.7. The number of rotatable bonds is 3. The molecule has 0 bridgehead atoms. The third-order valence-corrected chi connectivity index (χ3v) is 5.97. The first-order valence-corrected chi connectivity index (χ1v) is 9.75. The summed E-state index contributed by atoms with van der Waals surface area (Å²) in [6, 6.07) is 6.79. The fourth-order valence-corrected chi connectivity index (χ4v) is 4.57. The molecule has 30 heavy (non-hydrogen) atoms. The van der Waals surface area contributed by atoms with Gasteiger partial charge in [0.1, 0.15) is 17.3 Å². The quantitative estimate of drug-likeness (QED) is 0.703. The molecule has 0 unspecified atom stereocenters. The summed E-state index contributed by atoms with van der Waals surface area (Å²) in [5.41, 5.74) is 6.00. The third-order valence-electron chi connectivity index (χ3n) is 5.01. The van der Waals surface area contributed by atoms with Crippen LogP contribution in [0.15, 0.2) is 41.5 Å². The van der Waals surface area contributed by atoms with Crippen molar-refractivity contribution in [1.82, 2.24) is 4.98 Å². The van der Waals surface area contributed by atoms with Crippen LogP contribution >= 0.6 is 36.6 Å². The van der Waals surface area contributed by atoms with Crippen molar-refractivity contribution in [3.63, 3.8) is 0 Å². The van der Waals surface area contributed by atoms with Crippen LogP contribution in [-0.2, 0) is 10.3 Å². The number of ether oxygens (including phenoxy) is 1. The van der Waals surface area contributed by atoms with E-state index < -0.39 is 23.1 Å². The van der Waals surface area contributed by atoms with E-state index in [-0.39, 0.29) is 36.4 Å². The molecule has 1 fully saturated rings. The number of benzene rings is 1. The molecule has 11 heteroatoms. The number of hydrogen-bond donors (Lipinski definition) is 2. The Morgan fingerprint density at radius 1 is 1.27 bits per heavy atom. The molecule has 0 spiro atoms. The molecule has 1 amide bonds. The Morgan fingerprint density at radius 3 is 2.80 bits per heavy atom. The number of nitrogens with one attached hydrogen (secondary N) is 1. The highest BCUT2D eigenvalue weighted by atomic mass is 35.5. The van der Waals surface area contributed by atoms with Gasteiger partial charge in [-0.25, -0.2) is 13.8 Å². The molecule has 162 valence electrons. The van der Waals surface area contributed by atoms with Gasteiger partial charge in [0.05, 0.1) is 18.3 Å². The maximum absolute atomic E-state index is 14.8. The lowest BCUT2D eigenvalue weighted by Crippen LogP contribution is -2.47. The van der Waals surface area contributed by atoms with Crippen LogP contribution in [0, 0.1) is 17.6 Å². The second-order valence-corrected chi connectivity index (χ2v) is 7.76. The van der Waals surface area contributed by atoms with Crippen LogP contribution in [0.25, 0.3) is 0 Å². The number of nitrogens with two attached hydrogens (primary N) is 1. The van der Waals surface area contributed by atoms with Gasteiger partial charge >= 0.3 is 0 Å². The zero-order valence-electron chi connectivity index (χ0n) is 15.6. The van der Waals surface area contributed by atoms with Crippen LogP contribution in [0.5, 0.6) is 0 Å². The topological polar surface area (TPSA) is 89.6 Å². The average molecular weight is 477 g/mol. The van der Waals surface area contributed by atoms with Gasteiger partial charge in [0.15, 0.2) is 5.17 Å². The van der Waals surface area contributed by atoms with Crippen LogP contribution in [0.2, 0.25) is 0 Å². The van der Waals surface area contributed by atoms with Crippen molar-refractivity contribution >= 4 is 53.3 Å². The van der Waals surface area contributed by atoms with Gasteiger partial charge < -0.3 is 15.8 Å². The smallest absolute Gasteiger partial charge is 0.274 e. The summed E-state index contributed by atoms with van der Waals surface area (Å²) in [6.45, 7) is 0.923. The molecule has 1 aromatic heterocycles. The Hall–Kier alpha value is -1.94. The summed E-state index contributed by atoms with van der Waals surface area (Å²) < 4.78 is 33.4. The summed E-state index contributed by atoms with van der Waals surface area (Å²) in [6.07, 6.45) is 1.47. The average Bonchev–Trinajstić information content (AvgIpc) is 2.69. The van der Waals surface area contributed by atoms with Gasteiger partial charge in [0.25, 0.3) is 5.91 Å². The highest BCUT2D eigenvalue weighted by Crippen LogP contribution is 2.46. The molecule has 0 saturated carbocycles. The molecule has 0 aliphatic carbocycles. The molecular weight excluding hydrogens is 457 g/mol. The number of hydrogen-bond acceptors (Lipinski definition) is 6. The Morgan fingerprint density at radius 2 is 2.07 bits per heavy atom. The zero-order valence-corrected chi connectivity index (χ0v) is 18.1. The van der Waals surface area contributed by atoms with Gasteiger partial charge in [0, 0.05) is 35.9 Å². The first-order valence-electron chi connectivity index (χ1n) is 8.77. The van der Waals surface area contributed by atoms with Crippen LogP contribution in [-0.4, -0.2) is 35.0 Å². The molecule has 2 aliphatic heterocycles. The minimum atomic E-state index is -0.813. The van der Waals surface area contributed by atoms with E-state index in [0.29, 0.717) is 41.8 Å². The first-order chi connectivity index (χ1) is 13.5. The van der Waals surface area contributed by atoms with Gasteiger partial charge in [-0.2, -0.15) is 0 Å². The van der Waals surface area contributed by atoms with Crippen molar-refractivity contribution in [2.45, 2.75) is 12.0 Å². The van der Waals surface area contributed by atoms with Gasteiger partial charge in [-0.3, -0.25) is 9.79 Å². The molecular formula is C19H20Cl2F2N4O2S. The van der Waals surface area contributed by atoms with Gasteiger partial charge in [0.2, 0.25) is 0 Å². The number of pyridine rings is 1. The fraction of sp³-hybridized carbons (Fsp3) is 0.316. The van der Waals surface area contributed by atoms with Crippen LogP contribution in [0.4, 0.5) is 14.5 Å². The number of halogens is 4. The molecule has 1 aromatic carbocycles. The number of amides is 1. The molecule has 3 N–H and O–H groups in total. The van der Waals surface area contributed by atoms with E-state index in [1.807, 2.05) is 0 Å². The fourth-order valence-electron chi connectivity index (χ4n) is 3.60. The number of nitrogens with zero attached hydrogens (tertiary/aromatic N) is 2. The van der Waals surface area contributed by atoms with E-state index in [0.717, 1.165) is 12.3 Å². The minimum absolute atomic E-state index is 0. The molecule has 6 nitrogen and oxygen atoms in total. The van der Waals surface area contributed by atoms with Crippen molar-refractivity contribution in [3.8, 4) is 0 Å². The predicted octanol–water partition coefficient (Wildman–Crippen LogP) is 3.75. The van der Waals surface area contributed by atoms with E-state index in [1.54, 1.807) is 6.07 Å². The highest BCUT2D eigenvalue weighted by molar-refractivity contribution is 8.13. The summed E-state index contributed by atoms with van der Waals surface area (Å²) in [5, 5.41) is 3.10. The van der Waals surface area contributed by atoms with Crippen molar-refractivity contribution < 1.29 is 18.3 Å². The van der Waals surface area contributed by atoms with E-state index in [1.165, 1.54) is 30.0 Å². The van der Waals surface area contributed by atoms with E-state index in [9.17, 15) is 13.6 Å². The number of anilines is 1. The van der Waals surface area contributed by atoms with E-state index >= 15 is 0 Å². The summed E-state index contributed by atoms with van der Waals surface area (Å²) >= 11 is 1.43. The number of fused-ring (bicyclic) bond motifs is 1. The second kappa shape index (κ2) is 9.91. The minimum Gasteiger partial charge on any atom is -0.381 e. The van der Waals surface area contributed by atoms with Crippen LogP contribution in [0.3, 0.4) is 0 Å². The van der Waals surface area contributed by atoms with Crippen LogP contribution in [0.1, 0.15) is 22.5 Å². The lowest BCUT2D eigenvalue weighted by molar-refractivity contribution is 0.00886. The number of carbonyl (C=O) groups is 1. The Kier molecular flexibility index (Phi) is 8.04. The van der Waals surface area contributed by atoms with Gasteiger partial charge in [-0.05, 0) is 30.3 Å². The second-order valence-electron chi connectivity index (χ2n) is 6.72. The lowest BCUT2D eigenvalue weighted by Gasteiger charge is -2.44. The molecule has 0 radical (unpaired) electrons. The van der Waals surface area contributed by atoms with Crippen molar-refractivity contribution in [2.75, 3.05) is 24.3 Å². The van der Waals surface area contributed by atoms with Crippen molar-refractivity contribution in [1.29, 1.82) is 0 Å². The predicted molar refractivity (Wildman–Crippen MR) is 118 cm³/mol. The summed E-state index contributed by atoms with van der Waals surface area (Å²) in [5.74, 6) is -0.784. The number of aliphatic imine (C=N–C) groups is 1. The van der Waals surface area contributed by atoms with Gasteiger partial charge in [-0.15, -0.1) is 24.8 Å². The SMILES string of the molecule is Cl.Cl.NC1=N[C@@]2(c3cc(NC(=O)c4ccc(F)cn4)ccc3F)CCOC[C@H]2CS1. The van der Waals surface area contributed by atoms with E-state index in [2.05, 4.69) is 15.3 Å². The number of aromatic nitrogens is 1. The molecule has 2 aliphatic rings. The number of amidine groups is 1. The Balaban J connectivity index is 0.00000160. The summed E-state index contributed by atoms with van der Waals surface area (Å²) in [4.78, 5) is 20.8. The van der Waals surface area contributed by atoms with Crippen molar-refractivity contribution in [2.24, 2.45) is 16.6 Å². The monoisotopic (exact) mass is 476 g/mol. The molecule has 2 atom stereocenters. The lowest BCUT2D eigenvalue weighted by atomic mass is 9.75. The molecule has 1 saturated heterocycles. The summed E-state index contributed by atoms with van der Waals surface area (Å²) in [7, 11) is 0. The van der Waals surface area contributed by atoms with Crippen molar-refractivity contribution in [3.05, 3.63) is 59.4 Å². The standard InChI is InChI=1S/C19H18F2N4O2S.2ClH/c20-12-1-4-16(23-8-12)17(26)24-13-2-3-15(21)14(7-13)19-5-6-27-9-11(19)10-28-18(22)25-19;;/h1-4,7-8,11H,5-6,9-10H2,(H2,22,25)(H,24,26);2*1H/t11-,19-;;/m0../s1. The maximum atomic E-state index is 14.8. The number of carbonyl (C=O) groups excluding carboxylic acids is 1. The largest absolute Gasteiger partial charge is 0.381 e. The Bertz CT molecular complexity index is 949. The number of thioether (sulfide) groups is 1.